The van der Waals surface area contributed by atoms with Gasteiger partial charge in [-0.05, 0) is 19.3 Å². The fraction of sp³-hybridized carbons (Fsp3) is 0.368. The molecule has 0 atom stereocenters. The molecular formula is C19H21F3N2O3. The van der Waals surface area contributed by atoms with Gasteiger partial charge >= 0.3 is 0 Å². The highest BCUT2D eigenvalue weighted by atomic mass is 19.2. The predicted molar refractivity (Wildman–Crippen MR) is 95.3 cm³/mol. The van der Waals surface area contributed by atoms with Gasteiger partial charge in [-0.3, -0.25) is 9.59 Å². The number of aromatic nitrogens is 1. The third-order valence-corrected chi connectivity index (χ3v) is 3.95. The molecule has 1 N–H and O–H groups in total. The van der Waals surface area contributed by atoms with Crippen LogP contribution in [0.15, 0.2) is 29.2 Å². The zero-order chi connectivity index (χ0) is 20.1. The van der Waals surface area contributed by atoms with Gasteiger partial charge in [-0.2, -0.15) is 0 Å². The maximum absolute atomic E-state index is 13.2. The molecule has 0 saturated carbocycles. The number of carbonyl (C=O) groups is 1. The molecular weight excluding hydrogens is 361 g/mol. The molecule has 0 saturated heterocycles. The first-order chi connectivity index (χ1) is 12.7. The number of hydrogen-bond donors (Lipinski definition) is 1. The average Bonchev–Trinajstić information content (AvgIpc) is 2.58. The van der Waals surface area contributed by atoms with Gasteiger partial charge in [0.2, 0.25) is 5.43 Å². The number of amides is 1. The van der Waals surface area contributed by atoms with Crippen LogP contribution >= 0.6 is 0 Å². The van der Waals surface area contributed by atoms with E-state index in [-0.39, 0.29) is 16.9 Å². The quantitative estimate of drug-likeness (QED) is 0.744. The number of pyridine rings is 1. The second kappa shape index (κ2) is 8.75. The molecule has 1 aromatic carbocycles. The van der Waals surface area contributed by atoms with Crippen LogP contribution < -0.4 is 15.5 Å². The Balaban J connectivity index is 2.06. The number of nitrogens with zero attached hydrogens (tertiary/aromatic N) is 1. The summed E-state index contributed by atoms with van der Waals surface area (Å²) in [5.41, 5.74) is -0.0473. The summed E-state index contributed by atoms with van der Waals surface area (Å²) in [4.78, 5) is 23.9. The van der Waals surface area contributed by atoms with Crippen LogP contribution in [0.3, 0.4) is 0 Å². The van der Waals surface area contributed by atoms with Crippen LogP contribution in [0.5, 0.6) is 5.75 Å². The van der Waals surface area contributed by atoms with Crippen LogP contribution in [-0.2, 0) is 11.3 Å². The van der Waals surface area contributed by atoms with E-state index in [0.29, 0.717) is 30.3 Å². The lowest BCUT2D eigenvalue weighted by Crippen LogP contribution is -2.24. The first-order valence-corrected chi connectivity index (χ1v) is 8.46. The number of anilines is 1. The Kier molecular flexibility index (Phi) is 6.65. The minimum absolute atomic E-state index is 0.0351. The largest absolute Gasteiger partial charge is 0.478 e. The van der Waals surface area contributed by atoms with Crippen LogP contribution in [0.4, 0.5) is 18.9 Å². The molecule has 0 radical (unpaired) electrons. The summed E-state index contributed by atoms with van der Waals surface area (Å²) in [6.07, 6.45) is 2.57. The molecule has 5 nitrogen and oxygen atoms in total. The number of carbonyl (C=O) groups excluding carboxylic acids is 1. The van der Waals surface area contributed by atoms with Crippen LogP contribution in [0.2, 0.25) is 0 Å². The van der Waals surface area contributed by atoms with E-state index in [9.17, 15) is 22.8 Å². The molecule has 0 aliphatic heterocycles. The molecule has 0 fully saturated rings. The highest BCUT2D eigenvalue weighted by Crippen LogP contribution is 2.18. The Bertz CT molecular complexity index is 871. The average molecular weight is 382 g/mol. The second-order valence-electron chi connectivity index (χ2n) is 6.56. The summed E-state index contributed by atoms with van der Waals surface area (Å²) in [5.74, 6) is -4.68. The van der Waals surface area contributed by atoms with Crippen molar-refractivity contribution in [3.8, 4) is 5.75 Å². The highest BCUT2D eigenvalue weighted by molar-refractivity contribution is 5.91. The number of hydrogen-bond acceptors (Lipinski definition) is 3. The molecule has 146 valence electrons. The van der Waals surface area contributed by atoms with Gasteiger partial charge in [0.25, 0.3) is 5.91 Å². The standard InChI is InChI=1S/C19H21F3N2O3/c1-11(2)4-6-24-7-5-16(25)19(12(24)3)27-10-17(26)23-13-8-14(20)18(22)15(21)9-13/h5,7-9,11H,4,6,10H2,1-3H3,(H,23,26). The van der Waals surface area contributed by atoms with E-state index < -0.39 is 30.0 Å². The molecule has 0 aliphatic rings. The van der Waals surface area contributed by atoms with Gasteiger partial charge in [0.05, 0.1) is 5.69 Å². The monoisotopic (exact) mass is 382 g/mol. The van der Waals surface area contributed by atoms with Crippen molar-refractivity contribution in [3.63, 3.8) is 0 Å². The Morgan fingerprint density at radius 3 is 2.44 bits per heavy atom. The first kappa shape index (κ1) is 20.5. The van der Waals surface area contributed by atoms with E-state index in [2.05, 4.69) is 19.2 Å². The van der Waals surface area contributed by atoms with Crippen LogP contribution in [0, 0.1) is 30.3 Å². The molecule has 1 heterocycles. The summed E-state index contributed by atoms with van der Waals surface area (Å²) in [5, 5.41) is 2.20. The predicted octanol–water partition coefficient (Wildman–Crippen LogP) is 3.64. The minimum atomic E-state index is -1.62. The SMILES string of the molecule is Cc1c(OCC(=O)Nc2cc(F)c(F)c(F)c2)c(=O)ccn1CCC(C)C. The van der Waals surface area contributed by atoms with Crippen LogP contribution in [0.1, 0.15) is 26.0 Å². The number of halogens is 3. The van der Waals surface area contributed by atoms with Gasteiger partial charge in [0.15, 0.2) is 29.8 Å². The van der Waals surface area contributed by atoms with Crippen molar-refractivity contribution >= 4 is 11.6 Å². The van der Waals surface area contributed by atoms with Crippen molar-refractivity contribution in [3.05, 3.63) is 57.8 Å². The van der Waals surface area contributed by atoms with Crippen molar-refractivity contribution < 1.29 is 22.7 Å². The summed E-state index contributed by atoms with van der Waals surface area (Å²) in [7, 11) is 0. The van der Waals surface area contributed by atoms with E-state index in [0.717, 1.165) is 6.42 Å². The van der Waals surface area contributed by atoms with Gasteiger partial charge < -0.3 is 14.6 Å². The van der Waals surface area contributed by atoms with Gasteiger partial charge in [0.1, 0.15) is 0 Å². The molecule has 2 aromatic rings. The lowest BCUT2D eigenvalue weighted by molar-refractivity contribution is -0.118. The van der Waals surface area contributed by atoms with Gasteiger partial charge in [-0.1, -0.05) is 13.8 Å². The number of benzene rings is 1. The lowest BCUT2D eigenvalue weighted by atomic mass is 10.1. The second-order valence-corrected chi connectivity index (χ2v) is 6.56. The number of ether oxygens (including phenoxy) is 1. The Morgan fingerprint density at radius 1 is 1.22 bits per heavy atom. The highest BCUT2D eigenvalue weighted by Gasteiger charge is 2.14. The zero-order valence-corrected chi connectivity index (χ0v) is 15.3. The lowest BCUT2D eigenvalue weighted by Gasteiger charge is -2.15. The molecule has 0 unspecified atom stereocenters. The van der Waals surface area contributed by atoms with Crippen molar-refractivity contribution in [2.75, 3.05) is 11.9 Å². The van der Waals surface area contributed by atoms with E-state index in [1.807, 2.05) is 4.57 Å². The molecule has 1 amide bonds. The normalized spacial score (nSPS) is 10.9. The smallest absolute Gasteiger partial charge is 0.262 e. The summed E-state index contributed by atoms with van der Waals surface area (Å²) in [6, 6.07) is 2.66. The van der Waals surface area contributed by atoms with E-state index >= 15 is 0 Å². The van der Waals surface area contributed by atoms with E-state index in [1.165, 1.54) is 6.07 Å². The molecule has 0 bridgehead atoms. The van der Waals surface area contributed by atoms with E-state index in [1.54, 1.807) is 13.1 Å². The number of nitrogens with one attached hydrogen (secondary N) is 1. The van der Waals surface area contributed by atoms with E-state index in [4.69, 9.17) is 4.74 Å². The third kappa shape index (κ3) is 5.35. The maximum Gasteiger partial charge on any atom is 0.262 e. The van der Waals surface area contributed by atoms with Gasteiger partial charge in [-0.25, -0.2) is 13.2 Å². The van der Waals surface area contributed by atoms with Crippen molar-refractivity contribution in [2.45, 2.75) is 33.7 Å². The molecule has 1 aromatic heterocycles. The number of aryl methyl sites for hydroxylation is 1. The van der Waals surface area contributed by atoms with Crippen LogP contribution in [0.25, 0.3) is 0 Å². The first-order valence-electron chi connectivity index (χ1n) is 8.46. The fourth-order valence-electron chi connectivity index (χ4n) is 2.43. The van der Waals surface area contributed by atoms with Crippen molar-refractivity contribution in [1.82, 2.24) is 4.57 Å². The molecule has 0 spiro atoms. The number of rotatable bonds is 7. The molecule has 0 aliphatic carbocycles. The van der Waals surface area contributed by atoms with Crippen LogP contribution in [-0.4, -0.2) is 17.1 Å². The Labute approximate surface area is 154 Å². The molecule has 2 rings (SSSR count). The Morgan fingerprint density at radius 2 is 1.85 bits per heavy atom. The minimum Gasteiger partial charge on any atom is -0.478 e. The Hall–Kier alpha value is -2.77. The van der Waals surface area contributed by atoms with Crippen molar-refractivity contribution in [2.24, 2.45) is 5.92 Å². The third-order valence-electron chi connectivity index (χ3n) is 3.95. The summed E-state index contributed by atoms with van der Waals surface area (Å²) >= 11 is 0. The van der Waals surface area contributed by atoms with Crippen molar-refractivity contribution in [1.29, 1.82) is 0 Å². The molecule has 8 heteroatoms. The molecule has 27 heavy (non-hydrogen) atoms. The zero-order valence-electron chi connectivity index (χ0n) is 15.3. The van der Waals surface area contributed by atoms with Gasteiger partial charge in [0, 0.05) is 36.6 Å². The fourth-order valence-corrected chi connectivity index (χ4v) is 2.43. The topological polar surface area (TPSA) is 60.3 Å². The maximum atomic E-state index is 13.2. The van der Waals surface area contributed by atoms with Gasteiger partial charge in [-0.15, -0.1) is 0 Å². The summed E-state index contributed by atoms with van der Waals surface area (Å²) < 4.78 is 46.5. The summed E-state index contributed by atoms with van der Waals surface area (Å²) in [6.45, 7) is 6.03.